The minimum absolute atomic E-state index is 0.105. The number of phenolic OH excluding ortho intramolecular Hbond substituents is 1. The number of hydrazone groups is 1. The molecule has 2 aromatic carbocycles. The van der Waals surface area contributed by atoms with Gasteiger partial charge in [0.05, 0.1) is 6.21 Å². The van der Waals surface area contributed by atoms with Gasteiger partial charge in [0.2, 0.25) is 0 Å². The fourth-order valence-electron chi connectivity index (χ4n) is 1.46. The Balaban J connectivity index is 2.01. The molecule has 1 amide bonds. The second-order valence-electron chi connectivity index (χ2n) is 3.88. The van der Waals surface area contributed by atoms with Gasteiger partial charge in [-0.1, -0.05) is 12.1 Å². The first-order valence-electron chi connectivity index (χ1n) is 5.64. The lowest BCUT2D eigenvalue weighted by molar-refractivity contribution is 0.0955. The van der Waals surface area contributed by atoms with Crippen molar-refractivity contribution in [1.29, 1.82) is 0 Å². The highest BCUT2D eigenvalue weighted by molar-refractivity contribution is 5.95. The number of phenols is 1. The molecule has 0 fully saturated rings. The lowest BCUT2D eigenvalue weighted by Crippen LogP contribution is -2.17. The average Bonchev–Trinajstić information content (AvgIpc) is 2.41. The molecule has 0 heterocycles. The minimum atomic E-state index is -0.341. The van der Waals surface area contributed by atoms with Crippen molar-refractivity contribution in [2.45, 2.75) is 0 Å². The molecular weight excluding hydrogens is 242 g/mol. The van der Waals surface area contributed by atoms with Gasteiger partial charge >= 0.3 is 0 Å². The summed E-state index contributed by atoms with van der Waals surface area (Å²) < 4.78 is 0. The monoisotopic (exact) mass is 255 g/mol. The number of aromatic hydroxyl groups is 1. The summed E-state index contributed by atoms with van der Waals surface area (Å²) in [4.78, 5) is 11.7. The zero-order chi connectivity index (χ0) is 13.7. The topological polar surface area (TPSA) is 87.7 Å². The Morgan fingerprint density at radius 1 is 1.16 bits per heavy atom. The number of para-hydroxylation sites is 1. The van der Waals surface area contributed by atoms with Gasteiger partial charge in [-0.05, 0) is 36.4 Å². The number of anilines is 1. The van der Waals surface area contributed by atoms with E-state index >= 15 is 0 Å². The fourth-order valence-corrected chi connectivity index (χ4v) is 1.46. The van der Waals surface area contributed by atoms with E-state index in [9.17, 15) is 9.90 Å². The van der Waals surface area contributed by atoms with E-state index in [2.05, 4.69) is 10.5 Å². The number of nitrogens with two attached hydrogens (primary N) is 1. The number of hydrogen-bond acceptors (Lipinski definition) is 4. The first-order valence-corrected chi connectivity index (χ1v) is 5.64. The first-order chi connectivity index (χ1) is 9.16. The van der Waals surface area contributed by atoms with Crippen molar-refractivity contribution < 1.29 is 9.90 Å². The molecule has 2 rings (SSSR count). The molecule has 0 saturated carbocycles. The molecule has 2 aromatic rings. The van der Waals surface area contributed by atoms with E-state index in [1.165, 1.54) is 6.21 Å². The number of rotatable bonds is 3. The van der Waals surface area contributed by atoms with Crippen LogP contribution in [0.1, 0.15) is 15.9 Å². The van der Waals surface area contributed by atoms with Crippen molar-refractivity contribution in [3.05, 3.63) is 59.7 Å². The molecule has 0 unspecified atom stereocenters. The smallest absolute Gasteiger partial charge is 0.271 e. The van der Waals surface area contributed by atoms with Crippen molar-refractivity contribution >= 4 is 17.8 Å². The van der Waals surface area contributed by atoms with Gasteiger partial charge in [-0.2, -0.15) is 5.10 Å². The van der Waals surface area contributed by atoms with Crippen LogP contribution in [0.15, 0.2) is 53.6 Å². The van der Waals surface area contributed by atoms with Crippen LogP contribution in [-0.4, -0.2) is 17.2 Å². The number of nitrogen functional groups attached to an aromatic ring is 1. The molecule has 5 heteroatoms. The molecule has 0 aliphatic carbocycles. The van der Waals surface area contributed by atoms with E-state index in [1.807, 2.05) is 0 Å². The number of carbonyl (C=O) groups is 1. The van der Waals surface area contributed by atoms with Crippen LogP contribution >= 0.6 is 0 Å². The van der Waals surface area contributed by atoms with Gasteiger partial charge in [0, 0.05) is 16.8 Å². The van der Waals surface area contributed by atoms with E-state index < -0.39 is 0 Å². The summed E-state index contributed by atoms with van der Waals surface area (Å²) in [5.41, 5.74) is 9.48. The third-order valence-electron chi connectivity index (χ3n) is 2.48. The van der Waals surface area contributed by atoms with Crippen LogP contribution in [0, 0.1) is 0 Å². The lowest BCUT2D eigenvalue weighted by Gasteiger charge is -2.00. The molecule has 19 heavy (non-hydrogen) atoms. The molecule has 96 valence electrons. The number of amides is 1. The second-order valence-corrected chi connectivity index (χ2v) is 3.88. The molecule has 0 spiro atoms. The molecule has 0 saturated heterocycles. The Hall–Kier alpha value is -2.82. The molecule has 0 bridgehead atoms. The van der Waals surface area contributed by atoms with Crippen LogP contribution in [0.2, 0.25) is 0 Å². The maximum Gasteiger partial charge on any atom is 0.271 e. The summed E-state index contributed by atoms with van der Waals surface area (Å²) in [5.74, 6) is -0.236. The van der Waals surface area contributed by atoms with E-state index in [0.717, 1.165) is 0 Å². The summed E-state index contributed by atoms with van der Waals surface area (Å²) >= 11 is 0. The van der Waals surface area contributed by atoms with Crippen molar-refractivity contribution in [1.82, 2.24) is 5.43 Å². The first kappa shape index (κ1) is 12.6. The molecule has 0 aliphatic rings. The zero-order valence-corrected chi connectivity index (χ0v) is 10.1. The average molecular weight is 255 g/mol. The molecule has 0 aromatic heterocycles. The van der Waals surface area contributed by atoms with Gasteiger partial charge in [0.25, 0.3) is 5.91 Å². The van der Waals surface area contributed by atoms with E-state index in [-0.39, 0.29) is 11.7 Å². The normalized spacial score (nSPS) is 10.5. The van der Waals surface area contributed by atoms with Gasteiger partial charge in [0.15, 0.2) is 0 Å². The van der Waals surface area contributed by atoms with Crippen LogP contribution in [0.25, 0.3) is 0 Å². The van der Waals surface area contributed by atoms with Crippen molar-refractivity contribution in [3.8, 4) is 5.75 Å². The summed E-state index contributed by atoms with van der Waals surface area (Å²) in [6.45, 7) is 0. The largest absolute Gasteiger partial charge is 0.507 e. The van der Waals surface area contributed by atoms with Crippen molar-refractivity contribution in [2.75, 3.05) is 5.73 Å². The summed E-state index contributed by atoms with van der Waals surface area (Å²) in [6, 6.07) is 13.2. The van der Waals surface area contributed by atoms with Gasteiger partial charge < -0.3 is 10.8 Å². The Morgan fingerprint density at radius 3 is 2.53 bits per heavy atom. The summed E-state index contributed by atoms with van der Waals surface area (Å²) in [6.07, 6.45) is 1.38. The molecule has 4 N–H and O–H groups in total. The van der Waals surface area contributed by atoms with Gasteiger partial charge in [-0.15, -0.1) is 0 Å². The summed E-state index contributed by atoms with van der Waals surface area (Å²) in [5, 5.41) is 13.3. The van der Waals surface area contributed by atoms with Crippen LogP contribution < -0.4 is 11.2 Å². The number of nitrogens with one attached hydrogen (secondary N) is 1. The molecule has 0 atom stereocenters. The standard InChI is InChI=1S/C14H13N3O2/c15-12-7-5-10(6-8-12)14(19)17-16-9-11-3-1-2-4-13(11)18/h1-9,18H,15H2,(H,17,19)/b16-9+. The maximum atomic E-state index is 11.7. The quantitative estimate of drug-likeness (QED) is 0.443. The highest BCUT2D eigenvalue weighted by Crippen LogP contribution is 2.12. The highest BCUT2D eigenvalue weighted by atomic mass is 16.3. The SMILES string of the molecule is Nc1ccc(C(=O)N/N=C/c2ccccc2O)cc1. The van der Waals surface area contributed by atoms with E-state index in [0.29, 0.717) is 16.8 Å². The van der Waals surface area contributed by atoms with Gasteiger partial charge in [-0.25, -0.2) is 5.43 Å². The second kappa shape index (κ2) is 5.68. The highest BCUT2D eigenvalue weighted by Gasteiger charge is 2.03. The van der Waals surface area contributed by atoms with Crippen LogP contribution in [-0.2, 0) is 0 Å². The Bertz CT molecular complexity index is 606. The molecule has 0 aliphatic heterocycles. The number of hydrogen-bond donors (Lipinski definition) is 3. The minimum Gasteiger partial charge on any atom is -0.507 e. The van der Waals surface area contributed by atoms with Crippen LogP contribution in [0.5, 0.6) is 5.75 Å². The van der Waals surface area contributed by atoms with Crippen molar-refractivity contribution in [2.24, 2.45) is 5.10 Å². The fraction of sp³-hybridized carbons (Fsp3) is 0. The molecule has 0 radical (unpaired) electrons. The van der Waals surface area contributed by atoms with E-state index in [1.54, 1.807) is 48.5 Å². The van der Waals surface area contributed by atoms with Crippen LogP contribution in [0.4, 0.5) is 5.69 Å². The van der Waals surface area contributed by atoms with Crippen LogP contribution in [0.3, 0.4) is 0 Å². The third kappa shape index (κ3) is 3.32. The Kier molecular flexibility index (Phi) is 3.78. The number of carbonyl (C=O) groups excluding carboxylic acids is 1. The third-order valence-corrected chi connectivity index (χ3v) is 2.48. The van der Waals surface area contributed by atoms with E-state index in [4.69, 9.17) is 5.73 Å². The predicted octanol–water partition coefficient (Wildman–Crippen LogP) is 1.74. The lowest BCUT2D eigenvalue weighted by atomic mass is 10.2. The zero-order valence-electron chi connectivity index (χ0n) is 10.1. The summed E-state index contributed by atoms with van der Waals surface area (Å²) in [7, 11) is 0. The Labute approximate surface area is 110 Å². The Morgan fingerprint density at radius 2 is 1.84 bits per heavy atom. The molecular formula is C14H13N3O2. The number of benzene rings is 2. The maximum absolute atomic E-state index is 11.7. The van der Waals surface area contributed by atoms with Crippen molar-refractivity contribution in [3.63, 3.8) is 0 Å². The molecule has 5 nitrogen and oxygen atoms in total. The number of nitrogens with zero attached hydrogens (tertiary/aromatic N) is 1. The van der Waals surface area contributed by atoms with Gasteiger partial charge in [0.1, 0.15) is 5.75 Å². The predicted molar refractivity (Wildman–Crippen MR) is 74.0 cm³/mol. The van der Waals surface area contributed by atoms with Gasteiger partial charge in [-0.3, -0.25) is 4.79 Å².